The number of carbonyl (C=O) groups excluding carboxylic acids is 1. The fraction of sp³-hybridized carbons (Fsp3) is 0.344. The number of phenols is 1. The number of ether oxygens (including phenoxy) is 1. The van der Waals surface area contributed by atoms with E-state index in [0.29, 0.717) is 33.4 Å². The van der Waals surface area contributed by atoms with Gasteiger partial charge in [0.05, 0.1) is 7.11 Å². The van der Waals surface area contributed by atoms with E-state index in [1.165, 1.54) is 19.2 Å². The number of aromatic hydroxyl groups is 1. The fourth-order valence-electron chi connectivity index (χ4n) is 4.92. The van der Waals surface area contributed by atoms with Gasteiger partial charge >= 0.3 is 11.6 Å². The van der Waals surface area contributed by atoms with Gasteiger partial charge in [0.2, 0.25) is 0 Å². The standard InChI is InChI=1S/C32H34FNO5/c1-31(2,3)21-16-19(17-22(28(21)35)32(4,5)6)25(18-12-14-20(33)15-13-18)26(29(36)38-7)27-30(37)39-24-11-9-8-10-23(24)34-27/h8-17,25-26,35H,1-7H3. The highest BCUT2D eigenvalue weighted by Crippen LogP contribution is 2.45. The molecule has 4 rings (SSSR count). The van der Waals surface area contributed by atoms with Crippen LogP contribution in [-0.4, -0.2) is 23.2 Å². The number of nitrogens with zero attached hydrogens (tertiary/aromatic N) is 1. The first kappa shape index (κ1) is 28.0. The molecule has 0 bridgehead atoms. The quantitative estimate of drug-likeness (QED) is 0.288. The number of esters is 1. The van der Waals surface area contributed by atoms with Gasteiger partial charge in [-0.3, -0.25) is 4.79 Å². The summed E-state index contributed by atoms with van der Waals surface area (Å²) in [5.41, 5.74) is 1.52. The Kier molecular flexibility index (Phi) is 7.39. The maximum atomic E-state index is 14.0. The molecule has 0 saturated heterocycles. The molecule has 39 heavy (non-hydrogen) atoms. The van der Waals surface area contributed by atoms with Crippen LogP contribution >= 0.6 is 0 Å². The highest BCUT2D eigenvalue weighted by atomic mass is 19.1. The normalized spacial score (nSPS) is 13.7. The van der Waals surface area contributed by atoms with Gasteiger partial charge in [-0.05, 0) is 57.3 Å². The van der Waals surface area contributed by atoms with Crippen LogP contribution in [0, 0.1) is 5.82 Å². The van der Waals surface area contributed by atoms with Gasteiger partial charge in [-0.1, -0.05) is 77.9 Å². The molecule has 3 aromatic carbocycles. The maximum absolute atomic E-state index is 14.0. The van der Waals surface area contributed by atoms with Gasteiger partial charge in [0.25, 0.3) is 0 Å². The van der Waals surface area contributed by atoms with Gasteiger partial charge in [-0.25, -0.2) is 14.2 Å². The molecule has 1 heterocycles. The zero-order valence-electron chi connectivity index (χ0n) is 23.3. The van der Waals surface area contributed by atoms with Crippen molar-refractivity contribution in [2.75, 3.05) is 7.11 Å². The number of carbonyl (C=O) groups is 1. The summed E-state index contributed by atoms with van der Waals surface area (Å²) in [7, 11) is 1.25. The number of fused-ring (bicyclic) bond motifs is 1. The van der Waals surface area contributed by atoms with Crippen LogP contribution in [0.2, 0.25) is 0 Å². The van der Waals surface area contributed by atoms with Crippen molar-refractivity contribution in [2.45, 2.75) is 64.2 Å². The molecule has 0 aliphatic rings. The summed E-state index contributed by atoms with van der Waals surface area (Å²) in [5, 5.41) is 11.3. The fourth-order valence-corrected chi connectivity index (χ4v) is 4.92. The lowest BCUT2D eigenvalue weighted by Gasteiger charge is -2.32. The summed E-state index contributed by atoms with van der Waals surface area (Å²) in [4.78, 5) is 31.4. The average molecular weight is 532 g/mol. The van der Waals surface area contributed by atoms with Gasteiger partial charge in [0, 0.05) is 5.92 Å². The molecule has 7 heteroatoms. The maximum Gasteiger partial charge on any atom is 0.359 e. The molecular weight excluding hydrogens is 497 g/mol. The topological polar surface area (TPSA) is 89.6 Å². The molecule has 2 atom stereocenters. The first-order valence-electron chi connectivity index (χ1n) is 12.8. The zero-order valence-corrected chi connectivity index (χ0v) is 23.3. The third kappa shape index (κ3) is 5.58. The van der Waals surface area contributed by atoms with Gasteiger partial charge < -0.3 is 14.3 Å². The number of methoxy groups -OCH3 is 1. The van der Waals surface area contributed by atoms with E-state index in [9.17, 15) is 19.1 Å². The Morgan fingerprint density at radius 1 is 0.923 bits per heavy atom. The highest BCUT2D eigenvalue weighted by molar-refractivity contribution is 5.81. The Morgan fingerprint density at radius 3 is 2.03 bits per heavy atom. The number of phenolic OH excluding ortho intramolecular Hbond substituents is 1. The van der Waals surface area contributed by atoms with Crippen molar-refractivity contribution in [1.29, 1.82) is 0 Å². The van der Waals surface area contributed by atoms with Crippen LogP contribution < -0.4 is 5.63 Å². The van der Waals surface area contributed by atoms with Crippen LogP contribution in [0.15, 0.2) is 69.9 Å². The van der Waals surface area contributed by atoms with E-state index in [2.05, 4.69) is 4.98 Å². The lowest BCUT2D eigenvalue weighted by Crippen LogP contribution is -2.29. The van der Waals surface area contributed by atoms with Crippen molar-refractivity contribution in [3.63, 3.8) is 0 Å². The first-order chi connectivity index (χ1) is 18.2. The molecule has 0 amide bonds. The molecule has 1 N–H and O–H groups in total. The molecule has 0 spiro atoms. The number of halogens is 1. The third-order valence-electron chi connectivity index (χ3n) is 6.94. The molecule has 6 nitrogen and oxygen atoms in total. The molecule has 1 aromatic heterocycles. The second-order valence-corrected chi connectivity index (χ2v) is 11.8. The summed E-state index contributed by atoms with van der Waals surface area (Å²) >= 11 is 0. The average Bonchev–Trinajstić information content (AvgIpc) is 2.86. The van der Waals surface area contributed by atoms with Crippen molar-refractivity contribution in [3.8, 4) is 5.75 Å². The van der Waals surface area contributed by atoms with Crippen LogP contribution in [0.1, 0.15) is 81.3 Å². The van der Waals surface area contributed by atoms with Crippen molar-refractivity contribution >= 4 is 17.1 Å². The minimum absolute atomic E-state index is 0.113. The zero-order chi connectivity index (χ0) is 28.7. The Morgan fingerprint density at radius 2 is 1.49 bits per heavy atom. The van der Waals surface area contributed by atoms with E-state index >= 15 is 0 Å². The predicted molar refractivity (Wildman–Crippen MR) is 149 cm³/mol. The number of para-hydroxylation sites is 2. The van der Waals surface area contributed by atoms with Crippen LogP contribution in [0.4, 0.5) is 4.39 Å². The molecular formula is C32H34FNO5. The molecule has 0 saturated carbocycles. The Bertz CT molecular complexity index is 1540. The molecule has 4 aromatic rings. The minimum atomic E-state index is -1.22. The van der Waals surface area contributed by atoms with Gasteiger partial charge in [0.15, 0.2) is 5.58 Å². The second kappa shape index (κ2) is 10.3. The van der Waals surface area contributed by atoms with Crippen LogP contribution in [0.25, 0.3) is 11.1 Å². The number of hydrogen-bond donors (Lipinski definition) is 1. The van der Waals surface area contributed by atoms with Crippen LogP contribution in [0.3, 0.4) is 0 Å². The number of benzene rings is 3. The van der Waals surface area contributed by atoms with Gasteiger partial charge in [-0.15, -0.1) is 0 Å². The van der Waals surface area contributed by atoms with E-state index in [4.69, 9.17) is 9.15 Å². The Balaban J connectivity index is 2.10. The number of hydrogen-bond acceptors (Lipinski definition) is 6. The third-order valence-corrected chi connectivity index (χ3v) is 6.94. The number of rotatable bonds is 5. The molecule has 0 radical (unpaired) electrons. The van der Waals surface area contributed by atoms with E-state index in [1.807, 2.05) is 53.7 Å². The number of aromatic nitrogens is 1. The summed E-state index contributed by atoms with van der Waals surface area (Å²) in [6.45, 7) is 11.9. The first-order valence-corrected chi connectivity index (χ1v) is 12.8. The van der Waals surface area contributed by atoms with Gasteiger partial charge in [-0.2, -0.15) is 0 Å². The SMILES string of the molecule is COC(=O)C(c1nc2ccccc2oc1=O)C(c1ccc(F)cc1)c1cc(C(C)(C)C)c(O)c(C(C)(C)C)c1. The van der Waals surface area contributed by atoms with E-state index in [0.717, 1.165) is 0 Å². The van der Waals surface area contributed by atoms with E-state index in [1.54, 1.807) is 36.4 Å². The monoisotopic (exact) mass is 531 g/mol. The Hall–Kier alpha value is -4.00. The lowest BCUT2D eigenvalue weighted by molar-refractivity contribution is -0.143. The van der Waals surface area contributed by atoms with Crippen molar-refractivity contribution in [1.82, 2.24) is 4.98 Å². The molecule has 204 valence electrons. The molecule has 0 aliphatic carbocycles. The van der Waals surface area contributed by atoms with E-state index in [-0.39, 0.29) is 11.4 Å². The Labute approximate surface area is 227 Å². The molecule has 0 aliphatic heterocycles. The summed E-state index contributed by atoms with van der Waals surface area (Å²) < 4.78 is 24.8. The largest absolute Gasteiger partial charge is 0.507 e. The van der Waals surface area contributed by atoms with Crippen molar-refractivity contribution < 1.29 is 23.4 Å². The van der Waals surface area contributed by atoms with Crippen LogP contribution in [-0.2, 0) is 20.4 Å². The minimum Gasteiger partial charge on any atom is -0.507 e. The molecule has 0 fully saturated rings. The molecule has 2 unspecified atom stereocenters. The lowest BCUT2D eigenvalue weighted by atomic mass is 9.73. The predicted octanol–water partition coefficient (Wildman–Crippen LogP) is 6.72. The highest BCUT2D eigenvalue weighted by Gasteiger charge is 2.39. The smallest absolute Gasteiger partial charge is 0.359 e. The second-order valence-electron chi connectivity index (χ2n) is 11.8. The summed E-state index contributed by atoms with van der Waals surface area (Å²) in [6.07, 6.45) is 0. The van der Waals surface area contributed by atoms with Crippen molar-refractivity contribution in [3.05, 3.63) is 105 Å². The van der Waals surface area contributed by atoms with Crippen LogP contribution in [0.5, 0.6) is 5.75 Å². The van der Waals surface area contributed by atoms with E-state index < -0.39 is 40.1 Å². The van der Waals surface area contributed by atoms with Gasteiger partial charge in [0.1, 0.15) is 28.7 Å². The van der Waals surface area contributed by atoms with Crippen molar-refractivity contribution in [2.24, 2.45) is 0 Å². The summed E-state index contributed by atoms with van der Waals surface area (Å²) in [6, 6.07) is 16.3. The summed E-state index contributed by atoms with van der Waals surface area (Å²) in [5.74, 6) is -2.98.